The summed E-state index contributed by atoms with van der Waals surface area (Å²) < 4.78 is 14.1. The van der Waals surface area contributed by atoms with Gasteiger partial charge in [-0.05, 0) is 61.9 Å². The van der Waals surface area contributed by atoms with Crippen LogP contribution >= 0.6 is 0 Å². The van der Waals surface area contributed by atoms with E-state index in [1.807, 2.05) is 43.3 Å². The smallest absolute Gasteiger partial charge is 0.258 e. The number of pyridine rings is 3. The van der Waals surface area contributed by atoms with Crippen LogP contribution in [0.5, 0.6) is 0 Å². The molecule has 5 rings (SSSR count). The Labute approximate surface area is 213 Å². The molecular formula is C28H25FN5O3+. The predicted octanol–water partition coefficient (Wildman–Crippen LogP) is 4.47. The molecule has 1 aromatic carbocycles. The van der Waals surface area contributed by atoms with E-state index in [4.69, 9.17) is 4.84 Å². The largest absolute Gasteiger partial charge is 0.385 e. The van der Waals surface area contributed by atoms with Crippen LogP contribution in [-0.2, 0) is 4.84 Å². The van der Waals surface area contributed by atoms with Crippen molar-refractivity contribution >= 4 is 11.6 Å². The molecule has 0 fully saturated rings. The lowest BCUT2D eigenvalue weighted by atomic mass is 9.96. The van der Waals surface area contributed by atoms with Crippen LogP contribution in [0.15, 0.2) is 84.4 Å². The lowest BCUT2D eigenvalue weighted by Crippen LogP contribution is -2.41. The highest BCUT2D eigenvalue weighted by Crippen LogP contribution is 2.30. The number of benzene rings is 1. The fourth-order valence-corrected chi connectivity index (χ4v) is 4.16. The zero-order chi connectivity index (χ0) is 25.9. The quantitative estimate of drug-likeness (QED) is 0.302. The number of carbonyl (C=O) groups is 1. The molecule has 1 aliphatic rings. The highest BCUT2D eigenvalue weighted by molar-refractivity contribution is 6.05. The molecule has 0 aliphatic carbocycles. The molecule has 0 unspecified atom stereocenters. The molecule has 2 atom stereocenters. The molecule has 4 heterocycles. The average Bonchev–Trinajstić information content (AvgIpc) is 3.40. The maximum Gasteiger partial charge on any atom is 0.258 e. The Morgan fingerprint density at radius 2 is 1.97 bits per heavy atom. The summed E-state index contributed by atoms with van der Waals surface area (Å²) in [4.78, 5) is 27.9. The Balaban J connectivity index is 1.46. The third-order valence-electron chi connectivity index (χ3n) is 6.14. The number of nitrogens with one attached hydrogen (secondary N) is 1. The number of rotatable bonds is 6. The van der Waals surface area contributed by atoms with E-state index in [9.17, 15) is 14.4 Å². The van der Waals surface area contributed by atoms with Gasteiger partial charge in [-0.25, -0.2) is 4.39 Å². The number of aryl methyl sites for hydroxylation is 1. The molecule has 8 nitrogen and oxygen atoms in total. The average molecular weight is 499 g/mol. The van der Waals surface area contributed by atoms with Crippen LogP contribution in [-0.4, -0.2) is 26.8 Å². The van der Waals surface area contributed by atoms with Gasteiger partial charge < -0.3 is 10.2 Å². The molecule has 0 bridgehead atoms. The summed E-state index contributed by atoms with van der Waals surface area (Å²) in [7, 11) is 0. The monoisotopic (exact) mass is 498 g/mol. The minimum absolute atomic E-state index is 0.312. The molecule has 2 N–H and O–H groups in total. The Bertz CT molecular complexity index is 1480. The number of halogens is 1. The first-order valence-electron chi connectivity index (χ1n) is 11.8. The molecule has 1 aliphatic heterocycles. The third kappa shape index (κ3) is 5.30. The van der Waals surface area contributed by atoms with Gasteiger partial charge in [0.05, 0.1) is 17.1 Å². The number of carbonyl (C=O) groups excluding carboxylic acids is 1. The van der Waals surface area contributed by atoms with Crippen molar-refractivity contribution in [1.82, 2.24) is 15.3 Å². The van der Waals surface area contributed by atoms with Crippen LogP contribution < -0.4 is 10.0 Å². The molecular weight excluding hydrogens is 473 g/mol. The van der Waals surface area contributed by atoms with Gasteiger partial charge in [0.15, 0.2) is 11.9 Å². The molecule has 1 amide bonds. The summed E-state index contributed by atoms with van der Waals surface area (Å²) in [6, 6.07) is 17.0. The van der Waals surface area contributed by atoms with Crippen LogP contribution in [0.1, 0.15) is 58.4 Å². The van der Waals surface area contributed by atoms with Gasteiger partial charge in [-0.3, -0.25) is 20.0 Å². The number of hydrogen-bond donors (Lipinski definition) is 2. The van der Waals surface area contributed by atoms with Gasteiger partial charge in [0.1, 0.15) is 6.04 Å². The van der Waals surface area contributed by atoms with Crippen molar-refractivity contribution in [3.63, 3.8) is 0 Å². The molecule has 0 saturated heterocycles. The van der Waals surface area contributed by atoms with Crippen molar-refractivity contribution in [2.45, 2.75) is 32.4 Å². The highest BCUT2D eigenvalue weighted by Gasteiger charge is 2.27. The summed E-state index contributed by atoms with van der Waals surface area (Å²) in [5, 5.41) is 17.2. The SMILES string of the molecule is Cc1ccc(-c2cc(C(=O)N[C@H](C)c3ccc(F)c[n+]3O)cc(C3=NO[C@H](c4ccccn4)C3)c2)nc1. The van der Waals surface area contributed by atoms with Crippen molar-refractivity contribution < 1.29 is 24.0 Å². The van der Waals surface area contributed by atoms with Crippen molar-refractivity contribution in [2.24, 2.45) is 5.16 Å². The van der Waals surface area contributed by atoms with E-state index < -0.39 is 11.9 Å². The van der Waals surface area contributed by atoms with E-state index >= 15 is 0 Å². The topological polar surface area (TPSA) is 101 Å². The second kappa shape index (κ2) is 10.1. The Morgan fingerprint density at radius 3 is 2.70 bits per heavy atom. The van der Waals surface area contributed by atoms with Gasteiger partial charge in [-0.2, -0.15) is 0 Å². The van der Waals surface area contributed by atoms with Crippen LogP contribution in [0.2, 0.25) is 0 Å². The Morgan fingerprint density at radius 1 is 1.14 bits per heavy atom. The summed E-state index contributed by atoms with van der Waals surface area (Å²) >= 11 is 0. The van der Waals surface area contributed by atoms with E-state index in [1.165, 1.54) is 12.1 Å². The van der Waals surface area contributed by atoms with Gasteiger partial charge >= 0.3 is 0 Å². The van der Waals surface area contributed by atoms with Gasteiger partial charge in [0.2, 0.25) is 0 Å². The minimum Gasteiger partial charge on any atom is -0.385 e. The van der Waals surface area contributed by atoms with E-state index in [1.54, 1.807) is 31.5 Å². The van der Waals surface area contributed by atoms with E-state index in [0.717, 1.165) is 28.6 Å². The predicted molar refractivity (Wildman–Crippen MR) is 133 cm³/mol. The van der Waals surface area contributed by atoms with Crippen LogP contribution in [0, 0.1) is 12.7 Å². The molecule has 37 heavy (non-hydrogen) atoms. The third-order valence-corrected chi connectivity index (χ3v) is 6.14. The van der Waals surface area contributed by atoms with E-state index in [-0.39, 0.29) is 12.0 Å². The first kappa shape index (κ1) is 24.1. The summed E-state index contributed by atoms with van der Waals surface area (Å²) in [5.41, 5.74) is 5.40. The number of nitrogens with zero attached hydrogens (tertiary/aromatic N) is 4. The van der Waals surface area contributed by atoms with Crippen molar-refractivity contribution in [3.8, 4) is 11.3 Å². The first-order valence-corrected chi connectivity index (χ1v) is 11.8. The maximum absolute atomic E-state index is 13.4. The lowest BCUT2D eigenvalue weighted by molar-refractivity contribution is -0.911. The van der Waals surface area contributed by atoms with Crippen LogP contribution in [0.4, 0.5) is 4.39 Å². The zero-order valence-electron chi connectivity index (χ0n) is 20.3. The van der Waals surface area contributed by atoms with Gasteiger partial charge in [0, 0.05) is 46.3 Å². The molecule has 3 aromatic heterocycles. The summed E-state index contributed by atoms with van der Waals surface area (Å²) in [6.07, 6.45) is 4.61. The molecule has 186 valence electrons. The summed E-state index contributed by atoms with van der Waals surface area (Å²) in [5.74, 6) is -0.955. The lowest BCUT2D eigenvalue weighted by Gasteiger charge is -2.13. The van der Waals surface area contributed by atoms with Crippen LogP contribution in [0.3, 0.4) is 0 Å². The normalized spacial score (nSPS) is 15.5. The first-order chi connectivity index (χ1) is 17.9. The Hall–Kier alpha value is -4.66. The van der Waals surface area contributed by atoms with Gasteiger partial charge in [-0.1, -0.05) is 17.3 Å². The number of oxime groups is 1. The second-order valence-electron chi connectivity index (χ2n) is 8.92. The van der Waals surface area contributed by atoms with Crippen molar-refractivity contribution in [2.75, 3.05) is 0 Å². The molecule has 4 aromatic rings. The molecule has 0 radical (unpaired) electrons. The second-order valence-corrected chi connectivity index (χ2v) is 8.92. The van der Waals surface area contributed by atoms with Crippen LogP contribution in [0.25, 0.3) is 11.3 Å². The van der Waals surface area contributed by atoms with Gasteiger partial charge in [-0.15, -0.1) is 0 Å². The summed E-state index contributed by atoms with van der Waals surface area (Å²) in [6.45, 7) is 3.66. The number of amides is 1. The zero-order valence-corrected chi connectivity index (χ0v) is 20.3. The van der Waals surface area contributed by atoms with Gasteiger partial charge in [0.25, 0.3) is 17.8 Å². The Kier molecular flexibility index (Phi) is 6.59. The molecule has 0 saturated carbocycles. The number of aromatic nitrogens is 3. The molecule has 0 spiro atoms. The molecule has 9 heteroatoms. The number of hydrogen-bond acceptors (Lipinski definition) is 6. The van der Waals surface area contributed by atoms with Crippen molar-refractivity contribution in [3.05, 3.63) is 113 Å². The highest BCUT2D eigenvalue weighted by atomic mass is 19.1. The van der Waals surface area contributed by atoms with E-state index in [2.05, 4.69) is 20.4 Å². The standard InChI is InChI=1S/C28H24FN5O3/c1-17-6-8-23(31-15-17)19-11-20(25-14-27(37-33-25)24-5-3-4-10-30-24)13-21(12-19)28(35)32-18(2)26-9-7-22(29)16-34(26)36/h3-13,15-16,18,27H,14H2,1-2H3,(H-,32,35,36)/p+1/t18-,27+/m1/s1. The fourth-order valence-electron chi connectivity index (χ4n) is 4.16. The maximum atomic E-state index is 13.4. The minimum atomic E-state index is -0.594. The fraction of sp³-hybridized carbons (Fsp3) is 0.179. The van der Waals surface area contributed by atoms with Crippen molar-refractivity contribution in [1.29, 1.82) is 0 Å². The van der Waals surface area contributed by atoms with E-state index in [0.29, 0.717) is 33.8 Å².